The van der Waals surface area contributed by atoms with Crippen LogP contribution in [0, 0.1) is 12.7 Å². The molecule has 2 amide bonds. The van der Waals surface area contributed by atoms with E-state index in [1.165, 1.54) is 29.3 Å². The van der Waals surface area contributed by atoms with Gasteiger partial charge in [-0.25, -0.2) is 9.18 Å². The van der Waals surface area contributed by atoms with Gasteiger partial charge < -0.3 is 10.4 Å². The number of aliphatic hydroxyl groups is 1. The molecule has 5 nitrogen and oxygen atoms in total. The standard InChI is InChI=1S/C20H18ClFN2O3/c1-12-8-17(21)14(11-25)9-18(12)23-20(27)24-7-6-16(26)10-19(24)13-2-4-15(22)5-3-13/h2-9,19,25H,10-11H2,1H3,(H,23,27). The van der Waals surface area contributed by atoms with Gasteiger partial charge in [-0.3, -0.25) is 9.69 Å². The Morgan fingerprint density at radius 1 is 1.33 bits per heavy atom. The molecule has 0 saturated heterocycles. The number of allylic oxidation sites excluding steroid dienone is 1. The number of ketones is 1. The summed E-state index contributed by atoms with van der Waals surface area (Å²) in [6, 6.07) is 8.01. The van der Waals surface area contributed by atoms with Gasteiger partial charge in [0.2, 0.25) is 0 Å². The van der Waals surface area contributed by atoms with Gasteiger partial charge in [-0.1, -0.05) is 23.7 Å². The lowest BCUT2D eigenvalue weighted by atomic mass is 9.97. The Morgan fingerprint density at radius 2 is 2.04 bits per heavy atom. The van der Waals surface area contributed by atoms with Crippen molar-refractivity contribution < 1.29 is 19.1 Å². The van der Waals surface area contributed by atoms with Crippen molar-refractivity contribution in [2.45, 2.75) is 26.0 Å². The highest BCUT2D eigenvalue weighted by atomic mass is 35.5. The number of nitrogens with one attached hydrogen (secondary N) is 1. The van der Waals surface area contributed by atoms with E-state index >= 15 is 0 Å². The first-order valence-corrected chi connectivity index (χ1v) is 8.72. The fourth-order valence-corrected chi connectivity index (χ4v) is 3.23. The number of nitrogens with zero attached hydrogens (tertiary/aromatic N) is 1. The van der Waals surface area contributed by atoms with E-state index in [0.29, 0.717) is 21.8 Å². The minimum atomic E-state index is -0.534. The number of urea groups is 1. The molecule has 3 rings (SSSR count). The van der Waals surface area contributed by atoms with Gasteiger partial charge >= 0.3 is 6.03 Å². The summed E-state index contributed by atoms with van der Waals surface area (Å²) in [6.07, 6.45) is 2.87. The minimum absolute atomic E-state index is 0.108. The number of benzene rings is 2. The topological polar surface area (TPSA) is 69.6 Å². The number of hydrogen-bond acceptors (Lipinski definition) is 3. The summed E-state index contributed by atoms with van der Waals surface area (Å²) in [6.45, 7) is 1.54. The highest BCUT2D eigenvalue weighted by Crippen LogP contribution is 2.30. The van der Waals surface area contributed by atoms with E-state index in [2.05, 4.69) is 5.32 Å². The average molecular weight is 389 g/mol. The van der Waals surface area contributed by atoms with Gasteiger partial charge in [-0.05, 0) is 54.0 Å². The van der Waals surface area contributed by atoms with Gasteiger partial charge in [0.05, 0.1) is 12.6 Å². The number of carbonyl (C=O) groups excluding carboxylic acids is 2. The molecule has 1 aliphatic rings. The largest absolute Gasteiger partial charge is 0.392 e. The second kappa shape index (κ2) is 7.90. The second-order valence-corrected chi connectivity index (χ2v) is 6.71. The first-order chi connectivity index (χ1) is 12.9. The molecule has 0 spiro atoms. The van der Waals surface area contributed by atoms with Gasteiger partial charge in [-0.2, -0.15) is 0 Å². The zero-order chi connectivity index (χ0) is 19.6. The Kier molecular flexibility index (Phi) is 5.58. The molecule has 1 unspecified atom stereocenters. The predicted molar refractivity (Wildman–Crippen MR) is 101 cm³/mol. The van der Waals surface area contributed by atoms with Crippen molar-refractivity contribution >= 4 is 29.1 Å². The number of hydrogen-bond donors (Lipinski definition) is 2. The lowest BCUT2D eigenvalue weighted by Gasteiger charge is -2.31. The molecule has 140 valence electrons. The van der Waals surface area contributed by atoms with Crippen LogP contribution >= 0.6 is 11.6 Å². The fourth-order valence-electron chi connectivity index (χ4n) is 2.95. The number of amides is 2. The molecule has 0 saturated carbocycles. The van der Waals surface area contributed by atoms with Gasteiger partial charge in [0.1, 0.15) is 5.82 Å². The van der Waals surface area contributed by atoms with Gasteiger partial charge in [0, 0.05) is 23.3 Å². The number of halogens is 2. The Bertz CT molecular complexity index is 912. The maximum absolute atomic E-state index is 13.2. The summed E-state index contributed by atoms with van der Waals surface area (Å²) in [7, 11) is 0. The molecule has 1 heterocycles. The summed E-state index contributed by atoms with van der Waals surface area (Å²) in [5.74, 6) is -0.501. The highest BCUT2D eigenvalue weighted by molar-refractivity contribution is 6.31. The van der Waals surface area contributed by atoms with Crippen molar-refractivity contribution in [1.82, 2.24) is 4.90 Å². The van der Waals surface area contributed by atoms with Crippen LogP contribution in [0.25, 0.3) is 0 Å². The average Bonchev–Trinajstić information content (AvgIpc) is 2.64. The quantitative estimate of drug-likeness (QED) is 0.821. The van der Waals surface area contributed by atoms with Crippen LogP contribution in [0.2, 0.25) is 5.02 Å². The monoisotopic (exact) mass is 388 g/mol. The normalized spacial score (nSPS) is 16.5. The van der Waals surface area contributed by atoms with Crippen molar-refractivity contribution in [2.24, 2.45) is 0 Å². The van der Waals surface area contributed by atoms with E-state index in [4.69, 9.17) is 11.6 Å². The van der Waals surface area contributed by atoms with Gasteiger partial charge in [0.15, 0.2) is 5.78 Å². The maximum Gasteiger partial charge on any atom is 0.326 e. The Labute approximate surface area is 161 Å². The summed E-state index contributed by atoms with van der Waals surface area (Å²) in [5, 5.41) is 12.6. The molecular formula is C20H18ClFN2O3. The molecule has 1 atom stereocenters. The molecule has 0 bridgehead atoms. The minimum Gasteiger partial charge on any atom is -0.392 e. The van der Waals surface area contributed by atoms with E-state index in [1.54, 1.807) is 31.2 Å². The highest BCUT2D eigenvalue weighted by Gasteiger charge is 2.29. The second-order valence-electron chi connectivity index (χ2n) is 6.31. The Hall–Kier alpha value is -2.70. The van der Waals surface area contributed by atoms with E-state index in [0.717, 1.165) is 5.56 Å². The van der Waals surface area contributed by atoms with Gasteiger partial charge in [0.25, 0.3) is 0 Å². The number of rotatable bonds is 3. The van der Waals surface area contributed by atoms with E-state index in [-0.39, 0.29) is 24.6 Å². The zero-order valence-corrected chi connectivity index (χ0v) is 15.3. The Morgan fingerprint density at radius 3 is 2.70 bits per heavy atom. The first-order valence-electron chi connectivity index (χ1n) is 8.34. The first kappa shape index (κ1) is 19.1. The summed E-state index contributed by atoms with van der Waals surface area (Å²) in [4.78, 5) is 26.1. The molecule has 27 heavy (non-hydrogen) atoms. The lowest BCUT2D eigenvalue weighted by Crippen LogP contribution is -2.37. The van der Waals surface area contributed by atoms with Crippen LogP contribution in [0.4, 0.5) is 14.9 Å². The lowest BCUT2D eigenvalue weighted by molar-refractivity contribution is -0.116. The maximum atomic E-state index is 13.2. The van der Waals surface area contributed by atoms with Crippen LogP contribution in [0.3, 0.4) is 0 Å². The third-order valence-electron chi connectivity index (χ3n) is 4.45. The number of aliphatic hydroxyl groups excluding tert-OH is 1. The fraction of sp³-hybridized carbons (Fsp3) is 0.200. The molecule has 2 N–H and O–H groups in total. The van der Waals surface area contributed by atoms with E-state index < -0.39 is 12.1 Å². The molecule has 1 aliphatic heterocycles. The van der Waals surface area contributed by atoms with E-state index in [9.17, 15) is 19.1 Å². The van der Waals surface area contributed by atoms with Crippen LogP contribution < -0.4 is 5.32 Å². The zero-order valence-electron chi connectivity index (χ0n) is 14.6. The summed E-state index contributed by atoms with van der Waals surface area (Å²) in [5.41, 5.74) is 2.41. The third kappa shape index (κ3) is 4.18. The van der Waals surface area contributed by atoms with E-state index in [1.807, 2.05) is 0 Å². The van der Waals surface area contributed by atoms with Crippen LogP contribution in [0.5, 0.6) is 0 Å². The molecule has 2 aromatic carbocycles. The smallest absolute Gasteiger partial charge is 0.326 e. The molecule has 7 heteroatoms. The predicted octanol–water partition coefficient (Wildman–Crippen LogP) is 4.34. The molecular weight excluding hydrogens is 371 g/mol. The molecule has 2 aromatic rings. The summed E-state index contributed by atoms with van der Waals surface area (Å²) >= 11 is 6.06. The molecule has 0 aromatic heterocycles. The van der Waals surface area contributed by atoms with Crippen LogP contribution in [-0.4, -0.2) is 21.8 Å². The number of carbonyl (C=O) groups is 2. The van der Waals surface area contributed by atoms with Gasteiger partial charge in [-0.15, -0.1) is 0 Å². The van der Waals surface area contributed by atoms with Crippen LogP contribution in [0.1, 0.15) is 29.2 Å². The SMILES string of the molecule is Cc1cc(Cl)c(CO)cc1NC(=O)N1C=CC(=O)CC1c1ccc(F)cc1. The van der Waals surface area contributed by atoms with Crippen molar-refractivity contribution in [1.29, 1.82) is 0 Å². The van der Waals surface area contributed by atoms with Crippen molar-refractivity contribution in [3.63, 3.8) is 0 Å². The molecule has 0 radical (unpaired) electrons. The van der Waals surface area contributed by atoms with Crippen molar-refractivity contribution in [3.8, 4) is 0 Å². The Balaban J connectivity index is 1.88. The molecule has 0 fully saturated rings. The number of anilines is 1. The third-order valence-corrected chi connectivity index (χ3v) is 4.80. The van der Waals surface area contributed by atoms with Crippen LogP contribution in [-0.2, 0) is 11.4 Å². The van der Waals surface area contributed by atoms with Crippen LogP contribution in [0.15, 0.2) is 48.7 Å². The molecule has 0 aliphatic carbocycles. The van der Waals surface area contributed by atoms with Crippen molar-refractivity contribution in [2.75, 3.05) is 5.32 Å². The number of aryl methyl sites for hydroxylation is 1. The summed E-state index contributed by atoms with van der Waals surface area (Å²) < 4.78 is 13.2. The van der Waals surface area contributed by atoms with Crippen molar-refractivity contribution in [3.05, 3.63) is 76.2 Å².